The monoisotopic (exact) mass is 473 g/mol. The number of aliphatic carboxylic acids is 1. The molecule has 1 aromatic carbocycles. The molecule has 0 aliphatic carbocycles. The zero-order valence-electron chi connectivity index (χ0n) is 21.1. The molecule has 2 rings (SSSR count). The molecule has 0 saturated carbocycles. The maximum absolute atomic E-state index is 11.3. The van der Waals surface area contributed by atoms with E-state index < -0.39 is 5.97 Å². The Bertz CT molecular complexity index is 935. The van der Waals surface area contributed by atoms with Crippen LogP contribution in [0.3, 0.4) is 0 Å². The second kappa shape index (κ2) is 13.7. The first kappa shape index (κ1) is 27.4. The summed E-state index contributed by atoms with van der Waals surface area (Å²) in [6.07, 6.45) is 4.83. The van der Waals surface area contributed by atoms with Crippen LogP contribution in [0.4, 0.5) is 5.82 Å². The summed E-state index contributed by atoms with van der Waals surface area (Å²) < 4.78 is 10.6. The van der Waals surface area contributed by atoms with Crippen molar-refractivity contribution in [1.29, 1.82) is 0 Å². The minimum atomic E-state index is -0.717. The van der Waals surface area contributed by atoms with Gasteiger partial charge in [0.25, 0.3) is 0 Å². The number of rotatable bonds is 15. The molecule has 2 unspecified atom stereocenters. The number of phenolic OH excluding ortho intramolecular Hbond substituents is 1. The smallest absolute Gasteiger partial charge is 0.306 e. The third kappa shape index (κ3) is 7.32. The summed E-state index contributed by atoms with van der Waals surface area (Å²) in [6, 6.07) is 5.41. The van der Waals surface area contributed by atoms with Crippen LogP contribution in [0.1, 0.15) is 64.0 Å². The summed E-state index contributed by atoms with van der Waals surface area (Å²) >= 11 is 0. The van der Waals surface area contributed by atoms with Crippen LogP contribution in [0.5, 0.6) is 11.5 Å². The molecule has 8 nitrogen and oxygen atoms in total. The summed E-state index contributed by atoms with van der Waals surface area (Å²) in [5, 5.41) is 32.3. The van der Waals surface area contributed by atoms with Crippen LogP contribution in [-0.2, 0) is 22.6 Å². The number of phenols is 1. The highest BCUT2D eigenvalue weighted by Crippen LogP contribution is 2.38. The number of hydrogen-bond acceptors (Lipinski definition) is 7. The molecule has 2 aromatic rings. The molecule has 0 saturated heterocycles. The highest BCUT2D eigenvalue weighted by Gasteiger charge is 2.20. The van der Waals surface area contributed by atoms with Crippen LogP contribution >= 0.6 is 0 Å². The van der Waals surface area contributed by atoms with Gasteiger partial charge in [-0.2, -0.15) is 0 Å². The zero-order valence-corrected chi connectivity index (χ0v) is 21.1. The normalized spacial score (nSPS) is 12.9. The summed E-state index contributed by atoms with van der Waals surface area (Å²) in [7, 11) is 3.16. The molecule has 1 aromatic heterocycles. The summed E-state index contributed by atoms with van der Waals surface area (Å²) in [5.41, 5.74) is 3.01. The van der Waals surface area contributed by atoms with Gasteiger partial charge < -0.3 is 25.0 Å². The van der Waals surface area contributed by atoms with Gasteiger partial charge in [-0.1, -0.05) is 33.6 Å². The molecule has 8 heteroatoms. The standard InChI is InChI=1S/C26H39N3O5/c1-6-9-19-13-23(27-15-17(7-2)10-11-18(8-3)26(31)32)28-29-25(19)24-20(16-33-4)12-21(34-5)14-22(24)30/h12-14,17-18,30H,6-11,15-16H2,1-5H3,(H,27,28)(H,31,32). The van der Waals surface area contributed by atoms with Gasteiger partial charge in [0.1, 0.15) is 23.0 Å². The lowest BCUT2D eigenvalue weighted by Gasteiger charge is -2.19. The molecule has 0 spiro atoms. The van der Waals surface area contributed by atoms with E-state index in [0.717, 1.165) is 36.8 Å². The fourth-order valence-electron chi connectivity index (χ4n) is 4.14. The molecule has 0 fully saturated rings. The van der Waals surface area contributed by atoms with Crippen LogP contribution < -0.4 is 10.1 Å². The number of ether oxygens (including phenoxy) is 2. The first-order valence-corrected chi connectivity index (χ1v) is 12.1. The minimum absolute atomic E-state index is 0.0775. The van der Waals surface area contributed by atoms with E-state index in [-0.39, 0.29) is 11.7 Å². The topological polar surface area (TPSA) is 114 Å². The minimum Gasteiger partial charge on any atom is -0.507 e. The number of benzene rings is 1. The summed E-state index contributed by atoms with van der Waals surface area (Å²) in [4.78, 5) is 11.3. The molecule has 0 bridgehead atoms. The maximum atomic E-state index is 11.3. The van der Waals surface area contributed by atoms with Crippen LogP contribution in [0.15, 0.2) is 18.2 Å². The van der Waals surface area contributed by atoms with Crippen molar-refractivity contribution in [3.8, 4) is 22.8 Å². The maximum Gasteiger partial charge on any atom is 0.306 e. The van der Waals surface area contributed by atoms with Gasteiger partial charge in [0.05, 0.1) is 19.6 Å². The number of aryl methyl sites for hydroxylation is 1. The number of aromatic hydroxyl groups is 1. The van der Waals surface area contributed by atoms with Gasteiger partial charge in [0.15, 0.2) is 0 Å². The van der Waals surface area contributed by atoms with Crippen LogP contribution in [-0.4, -0.2) is 47.1 Å². The number of methoxy groups -OCH3 is 2. The van der Waals surface area contributed by atoms with Crippen LogP contribution in [0.2, 0.25) is 0 Å². The Kier molecular flexibility index (Phi) is 11.1. The molecule has 0 radical (unpaired) electrons. The van der Waals surface area contributed by atoms with Gasteiger partial charge in [0.2, 0.25) is 0 Å². The van der Waals surface area contributed by atoms with Crippen molar-refractivity contribution in [2.75, 3.05) is 26.1 Å². The molecular weight excluding hydrogens is 434 g/mol. The fraction of sp³-hybridized carbons (Fsp3) is 0.577. The molecule has 1 heterocycles. The summed E-state index contributed by atoms with van der Waals surface area (Å²) in [6.45, 7) is 7.15. The van der Waals surface area contributed by atoms with Crippen molar-refractivity contribution in [3.05, 3.63) is 29.3 Å². The molecule has 2 atom stereocenters. The Labute approximate surface area is 202 Å². The average Bonchev–Trinajstić information content (AvgIpc) is 2.82. The predicted molar refractivity (Wildman–Crippen MR) is 133 cm³/mol. The molecule has 0 amide bonds. The first-order chi connectivity index (χ1) is 16.4. The number of aromatic nitrogens is 2. The Morgan fingerprint density at radius 1 is 1.06 bits per heavy atom. The van der Waals surface area contributed by atoms with Gasteiger partial charge in [-0.05, 0) is 54.9 Å². The summed E-state index contributed by atoms with van der Waals surface area (Å²) in [5.74, 6) is 0.651. The Balaban J connectivity index is 2.25. The lowest BCUT2D eigenvalue weighted by atomic mass is 9.92. The fourth-order valence-corrected chi connectivity index (χ4v) is 4.14. The van der Waals surface area contributed by atoms with Crippen molar-refractivity contribution in [2.45, 2.75) is 65.9 Å². The number of nitrogens with one attached hydrogen (secondary N) is 1. The van der Waals surface area contributed by atoms with Crippen molar-refractivity contribution in [1.82, 2.24) is 10.2 Å². The van der Waals surface area contributed by atoms with Gasteiger partial charge in [-0.25, -0.2) is 0 Å². The molecule has 0 aliphatic rings. The third-order valence-electron chi connectivity index (χ3n) is 6.25. The largest absolute Gasteiger partial charge is 0.507 e. The van der Waals surface area contributed by atoms with Gasteiger partial charge in [-0.15, -0.1) is 10.2 Å². The van der Waals surface area contributed by atoms with Crippen LogP contribution in [0, 0.1) is 11.8 Å². The van der Waals surface area contributed by atoms with Crippen molar-refractivity contribution < 1.29 is 24.5 Å². The lowest BCUT2D eigenvalue weighted by Crippen LogP contribution is -2.19. The molecule has 0 aliphatic heterocycles. The Morgan fingerprint density at radius 3 is 2.41 bits per heavy atom. The molecule has 3 N–H and O–H groups in total. The number of carboxylic acids is 1. The number of carbonyl (C=O) groups is 1. The van der Waals surface area contributed by atoms with E-state index in [1.165, 1.54) is 0 Å². The lowest BCUT2D eigenvalue weighted by molar-refractivity contribution is -0.142. The van der Waals surface area contributed by atoms with Gasteiger partial charge in [-0.3, -0.25) is 4.79 Å². The predicted octanol–water partition coefficient (Wildman–Crippen LogP) is 5.29. The van der Waals surface area contributed by atoms with Gasteiger partial charge in [0, 0.05) is 25.3 Å². The zero-order chi connectivity index (χ0) is 25.1. The average molecular weight is 474 g/mol. The van der Waals surface area contributed by atoms with Gasteiger partial charge >= 0.3 is 5.97 Å². The van der Waals surface area contributed by atoms with E-state index in [1.54, 1.807) is 20.3 Å². The second-order valence-electron chi connectivity index (χ2n) is 8.64. The number of hydrogen-bond donors (Lipinski definition) is 3. The number of carboxylic acid groups (broad SMARTS) is 1. The highest BCUT2D eigenvalue weighted by atomic mass is 16.5. The number of nitrogens with zero attached hydrogens (tertiary/aromatic N) is 2. The van der Waals surface area contributed by atoms with E-state index in [2.05, 4.69) is 29.4 Å². The quantitative estimate of drug-likeness (QED) is 0.320. The SMILES string of the molecule is CCCc1cc(NCC(CC)CCC(CC)C(=O)O)nnc1-c1c(O)cc(OC)cc1COC. The van der Waals surface area contributed by atoms with Crippen LogP contribution in [0.25, 0.3) is 11.3 Å². The second-order valence-corrected chi connectivity index (χ2v) is 8.64. The van der Waals surface area contributed by atoms with Crippen molar-refractivity contribution in [3.63, 3.8) is 0 Å². The number of anilines is 1. The van der Waals surface area contributed by atoms with E-state index in [1.807, 2.05) is 19.1 Å². The van der Waals surface area contributed by atoms with E-state index in [4.69, 9.17) is 9.47 Å². The third-order valence-corrected chi connectivity index (χ3v) is 6.25. The Morgan fingerprint density at radius 2 is 1.82 bits per heavy atom. The molecular formula is C26H39N3O5. The van der Waals surface area contributed by atoms with E-state index in [0.29, 0.717) is 54.7 Å². The van der Waals surface area contributed by atoms with E-state index in [9.17, 15) is 15.0 Å². The highest BCUT2D eigenvalue weighted by molar-refractivity contribution is 5.75. The first-order valence-electron chi connectivity index (χ1n) is 12.1. The Hall–Kier alpha value is -2.87. The molecule has 34 heavy (non-hydrogen) atoms. The van der Waals surface area contributed by atoms with Crippen molar-refractivity contribution >= 4 is 11.8 Å². The van der Waals surface area contributed by atoms with Crippen molar-refractivity contribution in [2.24, 2.45) is 11.8 Å². The van der Waals surface area contributed by atoms with E-state index >= 15 is 0 Å². The molecule has 188 valence electrons.